The lowest BCUT2D eigenvalue weighted by molar-refractivity contribution is 0.00740. The van der Waals surface area contributed by atoms with E-state index < -0.39 is 0 Å². The van der Waals surface area contributed by atoms with Gasteiger partial charge in [-0.25, -0.2) is 0 Å². The minimum atomic E-state index is 0.674. The second kappa shape index (κ2) is 6.13. The van der Waals surface area contributed by atoms with E-state index in [0.717, 1.165) is 30.1 Å². The standard InChI is InChI=1S/C20H32/c1-3-17-12-13-19-18-11-9-7-5-4-6-8-10-16(18)14-15-20(17,19)2/h16-19H,3-5,7,9-15H2,1-2H3/t16-,17-,18+,19-,20+/m0/s1. The van der Waals surface area contributed by atoms with Crippen LogP contribution in [-0.4, -0.2) is 0 Å². The molecule has 0 N–H and O–H groups in total. The lowest BCUT2D eigenvalue weighted by Gasteiger charge is -2.49. The zero-order valence-corrected chi connectivity index (χ0v) is 13.6. The molecular formula is C20H32. The molecule has 0 aromatic heterocycles. The molecule has 0 heteroatoms. The maximum absolute atomic E-state index is 3.52. The first-order valence-electron chi connectivity index (χ1n) is 9.21. The van der Waals surface area contributed by atoms with Crippen molar-refractivity contribution in [3.8, 4) is 11.8 Å². The molecule has 0 radical (unpaired) electrons. The molecule has 0 saturated heterocycles. The van der Waals surface area contributed by atoms with Crippen LogP contribution in [0.3, 0.4) is 0 Å². The summed E-state index contributed by atoms with van der Waals surface area (Å²) in [5, 5.41) is 0. The van der Waals surface area contributed by atoms with Gasteiger partial charge >= 0.3 is 0 Å². The third kappa shape index (κ3) is 2.54. The quantitative estimate of drug-likeness (QED) is 0.528. The SMILES string of the molecule is CC[C@H]1CC[C@H]2[C@@H]3CCCCCC#CC[C@H]3CC[C@]12C. The smallest absolute Gasteiger partial charge is 0.0120 e. The monoisotopic (exact) mass is 272 g/mol. The van der Waals surface area contributed by atoms with Crippen LogP contribution in [0, 0.1) is 40.9 Å². The van der Waals surface area contributed by atoms with Crippen LogP contribution in [0.2, 0.25) is 0 Å². The number of rotatable bonds is 1. The summed E-state index contributed by atoms with van der Waals surface area (Å²) in [6.45, 7) is 5.06. The van der Waals surface area contributed by atoms with E-state index in [1.807, 2.05) is 0 Å². The molecule has 3 rings (SSSR count). The van der Waals surface area contributed by atoms with Gasteiger partial charge in [-0.05, 0) is 67.6 Å². The van der Waals surface area contributed by atoms with Crippen molar-refractivity contribution < 1.29 is 0 Å². The predicted octanol–water partition coefficient (Wildman–Crippen LogP) is 5.81. The van der Waals surface area contributed by atoms with E-state index >= 15 is 0 Å². The van der Waals surface area contributed by atoms with Crippen molar-refractivity contribution >= 4 is 0 Å². The number of fused-ring (bicyclic) bond motifs is 3. The molecule has 5 atom stereocenters. The van der Waals surface area contributed by atoms with Crippen molar-refractivity contribution in [3.63, 3.8) is 0 Å². The van der Waals surface area contributed by atoms with E-state index in [4.69, 9.17) is 0 Å². The van der Waals surface area contributed by atoms with Crippen LogP contribution in [0.1, 0.15) is 84.5 Å². The third-order valence-electron chi connectivity index (χ3n) is 7.10. The molecule has 0 bridgehead atoms. The molecule has 0 aliphatic heterocycles. The lowest BCUT2D eigenvalue weighted by Crippen LogP contribution is -2.41. The van der Waals surface area contributed by atoms with Crippen LogP contribution in [-0.2, 0) is 0 Å². The van der Waals surface area contributed by atoms with E-state index in [9.17, 15) is 0 Å². The van der Waals surface area contributed by atoms with Gasteiger partial charge in [0.2, 0.25) is 0 Å². The van der Waals surface area contributed by atoms with Crippen molar-refractivity contribution in [2.75, 3.05) is 0 Å². The largest absolute Gasteiger partial charge is 0.103 e. The molecule has 2 fully saturated rings. The van der Waals surface area contributed by atoms with E-state index in [-0.39, 0.29) is 0 Å². The van der Waals surface area contributed by atoms with Crippen molar-refractivity contribution in [1.82, 2.24) is 0 Å². The molecule has 0 spiro atoms. The van der Waals surface area contributed by atoms with Crippen LogP contribution in [0.25, 0.3) is 0 Å². The zero-order valence-electron chi connectivity index (χ0n) is 13.6. The summed E-state index contributed by atoms with van der Waals surface area (Å²) in [5.74, 6) is 10.9. The average molecular weight is 272 g/mol. The third-order valence-corrected chi connectivity index (χ3v) is 7.10. The van der Waals surface area contributed by atoms with Gasteiger partial charge in [0.15, 0.2) is 0 Å². The highest BCUT2D eigenvalue weighted by molar-refractivity contribution is 5.06. The Morgan fingerprint density at radius 2 is 1.90 bits per heavy atom. The first-order valence-corrected chi connectivity index (χ1v) is 9.21. The second-order valence-electron chi connectivity index (χ2n) is 7.91. The molecule has 3 aliphatic carbocycles. The molecule has 0 nitrogen and oxygen atoms in total. The highest BCUT2D eigenvalue weighted by Crippen LogP contribution is 2.61. The van der Waals surface area contributed by atoms with Gasteiger partial charge in [0.25, 0.3) is 0 Å². The van der Waals surface area contributed by atoms with Gasteiger partial charge in [-0.2, -0.15) is 0 Å². The van der Waals surface area contributed by atoms with Crippen LogP contribution in [0.15, 0.2) is 0 Å². The Hall–Kier alpha value is -0.440. The molecule has 0 amide bonds. The molecular weight excluding hydrogens is 240 g/mol. The normalized spacial score (nSPS) is 44.9. The fourth-order valence-electron chi connectivity index (χ4n) is 5.90. The van der Waals surface area contributed by atoms with E-state index in [1.54, 1.807) is 0 Å². The van der Waals surface area contributed by atoms with E-state index in [2.05, 4.69) is 25.7 Å². The Labute approximate surface area is 126 Å². The Balaban J connectivity index is 1.80. The molecule has 0 aromatic rings. The molecule has 20 heavy (non-hydrogen) atoms. The van der Waals surface area contributed by atoms with Crippen LogP contribution < -0.4 is 0 Å². The summed E-state index contributed by atoms with van der Waals surface area (Å²) in [5.41, 5.74) is 0.674. The fraction of sp³-hybridized carbons (Fsp3) is 0.900. The maximum atomic E-state index is 3.52. The molecule has 2 saturated carbocycles. The Morgan fingerprint density at radius 3 is 2.75 bits per heavy atom. The minimum Gasteiger partial charge on any atom is -0.103 e. The summed E-state index contributed by atoms with van der Waals surface area (Å²) < 4.78 is 0. The Kier molecular flexibility index (Phi) is 4.44. The van der Waals surface area contributed by atoms with Gasteiger partial charge in [-0.15, -0.1) is 11.8 Å². The highest BCUT2D eigenvalue weighted by atomic mass is 14.6. The Morgan fingerprint density at radius 1 is 1.00 bits per heavy atom. The van der Waals surface area contributed by atoms with Gasteiger partial charge in [0.05, 0.1) is 0 Å². The average Bonchev–Trinajstić information content (AvgIpc) is 2.80. The minimum absolute atomic E-state index is 0.674. The predicted molar refractivity (Wildman–Crippen MR) is 86.3 cm³/mol. The summed E-state index contributed by atoms with van der Waals surface area (Å²) >= 11 is 0. The summed E-state index contributed by atoms with van der Waals surface area (Å²) in [4.78, 5) is 0. The second-order valence-corrected chi connectivity index (χ2v) is 7.91. The first kappa shape index (κ1) is 14.5. The molecule has 3 aliphatic rings. The Bertz CT molecular complexity index is 385. The summed E-state index contributed by atoms with van der Waals surface area (Å²) in [6, 6.07) is 0. The highest BCUT2D eigenvalue weighted by Gasteiger charge is 2.52. The number of hydrogen-bond acceptors (Lipinski definition) is 0. The number of hydrogen-bond donors (Lipinski definition) is 0. The molecule has 0 heterocycles. The summed E-state index contributed by atoms with van der Waals surface area (Å²) in [7, 11) is 0. The van der Waals surface area contributed by atoms with E-state index in [0.29, 0.717) is 5.41 Å². The van der Waals surface area contributed by atoms with Crippen LogP contribution >= 0.6 is 0 Å². The first-order chi connectivity index (χ1) is 9.75. The molecule has 112 valence electrons. The maximum Gasteiger partial charge on any atom is 0.0120 e. The van der Waals surface area contributed by atoms with Gasteiger partial charge < -0.3 is 0 Å². The fourth-order valence-corrected chi connectivity index (χ4v) is 5.90. The van der Waals surface area contributed by atoms with Gasteiger partial charge in [0.1, 0.15) is 0 Å². The van der Waals surface area contributed by atoms with Crippen molar-refractivity contribution in [3.05, 3.63) is 0 Å². The van der Waals surface area contributed by atoms with Crippen LogP contribution in [0.4, 0.5) is 0 Å². The van der Waals surface area contributed by atoms with Crippen molar-refractivity contribution in [1.29, 1.82) is 0 Å². The zero-order chi connectivity index (χ0) is 14.0. The van der Waals surface area contributed by atoms with Gasteiger partial charge in [0, 0.05) is 12.8 Å². The summed E-state index contributed by atoms with van der Waals surface area (Å²) in [6.07, 6.45) is 15.4. The molecule has 0 unspecified atom stereocenters. The van der Waals surface area contributed by atoms with Crippen LogP contribution in [0.5, 0.6) is 0 Å². The van der Waals surface area contributed by atoms with E-state index in [1.165, 1.54) is 64.2 Å². The lowest BCUT2D eigenvalue weighted by atomic mass is 9.56. The topological polar surface area (TPSA) is 0 Å². The van der Waals surface area contributed by atoms with Crippen molar-refractivity contribution in [2.45, 2.75) is 84.5 Å². The molecule has 0 aromatic carbocycles. The van der Waals surface area contributed by atoms with Crippen molar-refractivity contribution in [2.24, 2.45) is 29.1 Å². The van der Waals surface area contributed by atoms with Gasteiger partial charge in [-0.1, -0.05) is 33.1 Å². The van der Waals surface area contributed by atoms with Gasteiger partial charge in [-0.3, -0.25) is 0 Å².